The second-order valence-electron chi connectivity index (χ2n) is 15.2. The normalized spacial score (nSPS) is 24.9. The van der Waals surface area contributed by atoms with E-state index in [4.69, 9.17) is 19.7 Å². The molecule has 5 aromatic rings. The van der Waals surface area contributed by atoms with Crippen molar-refractivity contribution in [2.45, 2.75) is 113 Å². The van der Waals surface area contributed by atoms with Gasteiger partial charge < -0.3 is 10.1 Å². The van der Waals surface area contributed by atoms with E-state index < -0.39 is 0 Å². The molecule has 0 radical (unpaired) electrons. The van der Waals surface area contributed by atoms with Crippen LogP contribution in [0.3, 0.4) is 0 Å². The van der Waals surface area contributed by atoms with E-state index in [-0.39, 0.29) is 6.10 Å². The fraction of sp³-hybridized carbons (Fsp3) is 0.400. The van der Waals surface area contributed by atoms with Crippen LogP contribution in [0.5, 0.6) is 5.75 Å². The fourth-order valence-corrected chi connectivity index (χ4v) is 9.51. The first kappa shape index (κ1) is 31.5. The van der Waals surface area contributed by atoms with Crippen LogP contribution in [-0.4, -0.2) is 27.1 Å². The smallest absolute Gasteiger partial charge is 0.163 e. The molecule has 9 rings (SSSR count). The van der Waals surface area contributed by atoms with Gasteiger partial charge in [-0.2, -0.15) is 0 Å². The number of anilines is 1. The van der Waals surface area contributed by atoms with Crippen molar-refractivity contribution in [3.8, 4) is 28.5 Å². The molecule has 4 aromatic carbocycles. The van der Waals surface area contributed by atoms with Gasteiger partial charge in [-0.25, -0.2) is 15.0 Å². The molecule has 50 heavy (non-hydrogen) atoms. The second kappa shape index (κ2) is 14.0. The Morgan fingerprint density at radius 1 is 0.520 bits per heavy atom. The monoisotopic (exact) mass is 660 g/mol. The van der Waals surface area contributed by atoms with Crippen molar-refractivity contribution in [1.29, 1.82) is 0 Å². The van der Waals surface area contributed by atoms with Crippen LogP contribution in [0.15, 0.2) is 103 Å². The molecule has 3 fully saturated rings. The summed E-state index contributed by atoms with van der Waals surface area (Å²) in [5.41, 5.74) is 7.69. The van der Waals surface area contributed by atoms with Crippen LogP contribution in [0, 0.1) is 0 Å². The number of benzene rings is 4. The average Bonchev–Trinajstić information content (AvgIpc) is 3.58. The van der Waals surface area contributed by atoms with Crippen molar-refractivity contribution in [2.24, 2.45) is 0 Å². The standard InChI is InChI=1S/C45H48N4O/c1-4-13-30(14-5-1)31-23-25-32(26-24-31)36-19-10-11-20-38(36)46-39-21-12-22-40-42(39)37-28-27-35(29-41(37)50-40)45-48-43(33-15-6-2-7-16-33)47-44(49-45)34-17-8-3-9-18-34/h1-2,4-7,10-11,13-16,19-20,27-29,31-32,34,39-40,42,46H,3,8-9,12,17-18,21-26H2. The quantitative estimate of drug-likeness (QED) is 0.188. The third kappa shape index (κ3) is 6.32. The van der Waals surface area contributed by atoms with Gasteiger partial charge in [0.15, 0.2) is 11.6 Å². The van der Waals surface area contributed by atoms with E-state index in [0.717, 1.165) is 60.0 Å². The SMILES string of the molecule is c1ccc(-c2nc(-c3ccc4c(c3)OC3CCCC(Nc5ccccc5C5CCC(c6ccccc6)CC5)C43)nc(C3CCCCC3)n2)cc1. The zero-order chi connectivity index (χ0) is 33.3. The van der Waals surface area contributed by atoms with Crippen LogP contribution in [0.2, 0.25) is 0 Å². The van der Waals surface area contributed by atoms with Crippen LogP contribution in [0.4, 0.5) is 5.69 Å². The van der Waals surface area contributed by atoms with E-state index >= 15 is 0 Å². The largest absolute Gasteiger partial charge is 0.489 e. The Labute approximate surface area is 297 Å². The summed E-state index contributed by atoms with van der Waals surface area (Å²) in [6, 6.07) is 37.7. The van der Waals surface area contributed by atoms with Crippen molar-refractivity contribution >= 4 is 5.69 Å². The first-order valence-electron chi connectivity index (χ1n) is 19.3. The van der Waals surface area contributed by atoms with Crippen LogP contribution in [-0.2, 0) is 0 Å². The topological polar surface area (TPSA) is 59.9 Å². The predicted molar refractivity (Wildman–Crippen MR) is 202 cm³/mol. The third-order valence-electron chi connectivity index (χ3n) is 12.1. The number of rotatable bonds is 7. The highest BCUT2D eigenvalue weighted by Crippen LogP contribution is 2.49. The Balaban J connectivity index is 0.971. The molecule has 0 spiro atoms. The fourth-order valence-electron chi connectivity index (χ4n) is 9.51. The second-order valence-corrected chi connectivity index (χ2v) is 15.2. The first-order valence-corrected chi connectivity index (χ1v) is 19.3. The molecule has 3 unspecified atom stereocenters. The molecule has 4 aliphatic rings. The van der Waals surface area contributed by atoms with Crippen molar-refractivity contribution in [3.05, 3.63) is 126 Å². The van der Waals surface area contributed by atoms with E-state index in [1.54, 1.807) is 0 Å². The first-order chi connectivity index (χ1) is 24.8. The van der Waals surface area contributed by atoms with Gasteiger partial charge in [-0.3, -0.25) is 0 Å². The molecule has 5 nitrogen and oxygen atoms in total. The minimum atomic E-state index is 0.191. The van der Waals surface area contributed by atoms with E-state index in [1.807, 2.05) is 6.07 Å². The lowest BCUT2D eigenvalue weighted by Gasteiger charge is -2.36. The lowest BCUT2D eigenvalue weighted by molar-refractivity contribution is 0.156. The summed E-state index contributed by atoms with van der Waals surface area (Å²) in [6.45, 7) is 0. The summed E-state index contributed by atoms with van der Waals surface area (Å²) in [7, 11) is 0. The lowest BCUT2D eigenvalue weighted by Crippen LogP contribution is -2.38. The van der Waals surface area contributed by atoms with E-state index in [1.165, 1.54) is 73.7 Å². The summed E-state index contributed by atoms with van der Waals surface area (Å²) in [5, 5.41) is 4.10. The Kier molecular flexibility index (Phi) is 8.82. The van der Waals surface area contributed by atoms with Gasteiger partial charge in [0.2, 0.25) is 0 Å². The molecular weight excluding hydrogens is 613 g/mol. The molecular formula is C45H48N4O. The Hall–Kier alpha value is -4.51. The van der Waals surface area contributed by atoms with Gasteiger partial charge in [0, 0.05) is 40.3 Å². The molecule has 1 N–H and O–H groups in total. The van der Waals surface area contributed by atoms with Crippen LogP contribution < -0.4 is 10.1 Å². The Morgan fingerprint density at radius 3 is 2.02 bits per heavy atom. The van der Waals surface area contributed by atoms with Crippen molar-refractivity contribution < 1.29 is 4.74 Å². The molecule has 5 heteroatoms. The van der Waals surface area contributed by atoms with E-state index in [0.29, 0.717) is 29.7 Å². The minimum absolute atomic E-state index is 0.191. The number of para-hydroxylation sites is 1. The molecule has 0 saturated heterocycles. The summed E-state index contributed by atoms with van der Waals surface area (Å²) in [6.07, 6.45) is 14.7. The molecule has 1 aromatic heterocycles. The number of ether oxygens (including phenoxy) is 1. The van der Waals surface area contributed by atoms with Crippen molar-refractivity contribution in [2.75, 3.05) is 5.32 Å². The maximum atomic E-state index is 6.79. The van der Waals surface area contributed by atoms with Gasteiger partial charge in [0.25, 0.3) is 0 Å². The summed E-state index contributed by atoms with van der Waals surface area (Å²) < 4.78 is 6.79. The molecule has 254 valence electrons. The number of fused-ring (bicyclic) bond motifs is 3. The molecule has 1 aliphatic heterocycles. The van der Waals surface area contributed by atoms with Gasteiger partial charge >= 0.3 is 0 Å². The molecule has 3 atom stereocenters. The Morgan fingerprint density at radius 2 is 1.22 bits per heavy atom. The predicted octanol–water partition coefficient (Wildman–Crippen LogP) is 11.2. The molecule has 3 saturated carbocycles. The number of nitrogens with zero attached hydrogens (tertiary/aromatic N) is 3. The average molecular weight is 661 g/mol. The number of hydrogen-bond donors (Lipinski definition) is 1. The number of hydrogen-bond acceptors (Lipinski definition) is 5. The molecule has 0 amide bonds. The molecule has 0 bridgehead atoms. The minimum Gasteiger partial charge on any atom is -0.489 e. The molecule has 3 aliphatic carbocycles. The van der Waals surface area contributed by atoms with Gasteiger partial charge in [-0.1, -0.05) is 110 Å². The highest BCUT2D eigenvalue weighted by Gasteiger charge is 2.43. The summed E-state index contributed by atoms with van der Waals surface area (Å²) in [4.78, 5) is 15.2. The Bertz CT molecular complexity index is 1910. The van der Waals surface area contributed by atoms with Gasteiger partial charge in [0.05, 0.1) is 0 Å². The zero-order valence-corrected chi connectivity index (χ0v) is 29.0. The van der Waals surface area contributed by atoms with E-state index in [9.17, 15) is 0 Å². The maximum Gasteiger partial charge on any atom is 0.163 e. The van der Waals surface area contributed by atoms with Crippen LogP contribution in [0.25, 0.3) is 22.8 Å². The summed E-state index contributed by atoms with van der Waals surface area (Å²) >= 11 is 0. The highest BCUT2D eigenvalue weighted by atomic mass is 16.5. The number of aromatic nitrogens is 3. The number of nitrogens with one attached hydrogen (secondary N) is 1. The van der Waals surface area contributed by atoms with Crippen molar-refractivity contribution in [3.63, 3.8) is 0 Å². The summed E-state index contributed by atoms with van der Waals surface area (Å²) in [5.74, 6) is 5.48. The maximum absolute atomic E-state index is 6.79. The zero-order valence-electron chi connectivity index (χ0n) is 29.0. The van der Waals surface area contributed by atoms with Crippen LogP contribution in [0.1, 0.15) is 123 Å². The van der Waals surface area contributed by atoms with Gasteiger partial charge in [0.1, 0.15) is 17.7 Å². The third-order valence-corrected chi connectivity index (χ3v) is 12.1. The van der Waals surface area contributed by atoms with Gasteiger partial charge in [-0.15, -0.1) is 0 Å². The van der Waals surface area contributed by atoms with Gasteiger partial charge in [-0.05, 0) is 92.9 Å². The van der Waals surface area contributed by atoms with E-state index in [2.05, 4.69) is 102 Å². The van der Waals surface area contributed by atoms with Crippen LogP contribution >= 0.6 is 0 Å². The highest BCUT2D eigenvalue weighted by molar-refractivity contribution is 5.65. The van der Waals surface area contributed by atoms with Crippen molar-refractivity contribution in [1.82, 2.24) is 15.0 Å². The molecule has 2 heterocycles. The lowest BCUT2D eigenvalue weighted by atomic mass is 9.75.